The molecule has 0 spiro atoms. The number of nitrogens with one attached hydrogen (secondary N) is 3. The minimum absolute atomic E-state index is 0.139. The van der Waals surface area contributed by atoms with E-state index in [0.29, 0.717) is 0 Å². The molecule has 0 unspecified atom stereocenters. The molecule has 0 fully saturated rings. The summed E-state index contributed by atoms with van der Waals surface area (Å²) in [4.78, 5) is 48.9. The van der Waals surface area contributed by atoms with E-state index >= 15 is 0 Å². The molecule has 9 nitrogen and oxygen atoms in total. The Labute approximate surface area is 106 Å². The Kier molecular flexibility index (Phi) is 4.63. The molecule has 1 aromatic heterocycles. The van der Waals surface area contributed by atoms with E-state index in [1.54, 1.807) is 0 Å². The van der Waals surface area contributed by atoms with E-state index in [1.165, 1.54) is 0 Å². The molecule has 0 saturated heterocycles. The second-order valence-corrected chi connectivity index (χ2v) is 3.18. The van der Waals surface area contributed by atoms with Crippen molar-refractivity contribution in [3.8, 4) is 0 Å². The zero-order chi connectivity index (χ0) is 14.4. The van der Waals surface area contributed by atoms with Crippen molar-refractivity contribution in [3.63, 3.8) is 0 Å². The number of hydrogen-bond donors (Lipinski definition) is 3. The van der Waals surface area contributed by atoms with Gasteiger partial charge in [-0.1, -0.05) is 0 Å². The Hall–Kier alpha value is -2.84. The number of methoxy groups -OCH3 is 2. The summed E-state index contributed by atoms with van der Waals surface area (Å²) in [6.45, 7) is 0. The lowest BCUT2D eigenvalue weighted by Crippen LogP contribution is -2.26. The monoisotopic (exact) mass is 269 g/mol. The molecule has 9 heteroatoms. The Morgan fingerprint density at radius 1 is 1.26 bits per heavy atom. The molecule has 0 atom stereocenters. The molecule has 0 radical (unpaired) electrons. The van der Waals surface area contributed by atoms with Gasteiger partial charge in [0, 0.05) is 6.20 Å². The van der Waals surface area contributed by atoms with Gasteiger partial charge in [0.25, 0.3) is 5.56 Å². The van der Waals surface area contributed by atoms with Crippen LogP contribution < -0.4 is 16.6 Å². The van der Waals surface area contributed by atoms with Crippen LogP contribution in [0, 0.1) is 0 Å². The lowest BCUT2D eigenvalue weighted by atomic mass is 10.3. The summed E-state index contributed by atoms with van der Waals surface area (Å²) in [6, 6.07) is 0. The average molecular weight is 269 g/mol. The quantitative estimate of drug-likeness (QED) is 0.457. The molecule has 0 bridgehead atoms. The van der Waals surface area contributed by atoms with Crippen molar-refractivity contribution in [2.45, 2.75) is 0 Å². The fourth-order valence-electron chi connectivity index (χ4n) is 1.08. The molecule has 3 N–H and O–H groups in total. The van der Waals surface area contributed by atoms with Crippen LogP contribution in [-0.4, -0.2) is 36.1 Å². The van der Waals surface area contributed by atoms with Crippen LogP contribution >= 0.6 is 0 Å². The highest BCUT2D eigenvalue weighted by atomic mass is 16.5. The third kappa shape index (κ3) is 3.84. The van der Waals surface area contributed by atoms with Gasteiger partial charge in [0.2, 0.25) is 0 Å². The largest absolute Gasteiger partial charge is 0.466 e. The lowest BCUT2D eigenvalue weighted by molar-refractivity contribution is -0.138. The van der Waals surface area contributed by atoms with Gasteiger partial charge in [0.1, 0.15) is 11.4 Å². The first-order valence-corrected chi connectivity index (χ1v) is 4.95. The van der Waals surface area contributed by atoms with E-state index in [2.05, 4.69) is 19.8 Å². The van der Waals surface area contributed by atoms with Crippen molar-refractivity contribution in [2.75, 3.05) is 19.5 Å². The summed E-state index contributed by atoms with van der Waals surface area (Å²) in [5.74, 6) is -1.69. The number of carbonyl (C=O) groups excluding carboxylic acids is 2. The number of anilines is 1. The fourth-order valence-corrected chi connectivity index (χ4v) is 1.08. The van der Waals surface area contributed by atoms with Crippen LogP contribution in [-0.2, 0) is 19.1 Å². The van der Waals surface area contributed by atoms with Gasteiger partial charge in [-0.05, 0) is 0 Å². The zero-order valence-corrected chi connectivity index (χ0v) is 10.1. The number of hydrogen-bond acceptors (Lipinski definition) is 7. The smallest absolute Gasteiger partial charge is 0.354 e. The van der Waals surface area contributed by atoms with E-state index in [9.17, 15) is 19.2 Å². The van der Waals surface area contributed by atoms with E-state index in [0.717, 1.165) is 26.5 Å². The number of rotatable bonds is 4. The molecule has 102 valence electrons. The van der Waals surface area contributed by atoms with Crippen molar-refractivity contribution < 1.29 is 19.1 Å². The molecule has 1 heterocycles. The molecule has 19 heavy (non-hydrogen) atoms. The lowest BCUT2D eigenvalue weighted by Gasteiger charge is -2.07. The van der Waals surface area contributed by atoms with Crippen molar-refractivity contribution in [3.05, 3.63) is 38.8 Å². The Bertz CT molecular complexity index is 627. The van der Waals surface area contributed by atoms with Gasteiger partial charge in [-0.15, -0.1) is 0 Å². The normalized spacial score (nSPS) is 10.7. The van der Waals surface area contributed by atoms with Crippen molar-refractivity contribution in [1.82, 2.24) is 9.97 Å². The Morgan fingerprint density at radius 2 is 1.95 bits per heavy atom. The van der Waals surface area contributed by atoms with Crippen molar-refractivity contribution in [1.29, 1.82) is 0 Å². The Balaban J connectivity index is 3.11. The second-order valence-electron chi connectivity index (χ2n) is 3.18. The standard InChI is InChI=1S/C10H11N3O6/c1-18-7(14)3-5(9(16)19-2)12-6-4-11-10(17)13-8(6)15/h3-4,12H,1-2H3,(H2,11,13,15,17)/b5-3-. The first-order valence-electron chi connectivity index (χ1n) is 4.95. The summed E-state index contributed by atoms with van der Waals surface area (Å²) in [7, 11) is 2.23. The Morgan fingerprint density at radius 3 is 2.47 bits per heavy atom. The predicted molar refractivity (Wildman–Crippen MR) is 63.4 cm³/mol. The molecular formula is C10H11N3O6. The van der Waals surface area contributed by atoms with Crippen LogP contribution in [0.25, 0.3) is 0 Å². The van der Waals surface area contributed by atoms with Gasteiger partial charge in [-0.2, -0.15) is 0 Å². The van der Waals surface area contributed by atoms with Crippen LogP contribution in [0.15, 0.2) is 27.6 Å². The van der Waals surface area contributed by atoms with Crippen LogP contribution in [0.3, 0.4) is 0 Å². The number of H-pyrrole nitrogens is 2. The third-order valence-corrected chi connectivity index (χ3v) is 1.96. The van der Waals surface area contributed by atoms with E-state index < -0.39 is 23.2 Å². The molecule has 1 aromatic rings. The van der Waals surface area contributed by atoms with Crippen LogP contribution in [0.5, 0.6) is 0 Å². The summed E-state index contributed by atoms with van der Waals surface area (Å²) in [5.41, 5.74) is -1.91. The minimum atomic E-state index is -0.879. The molecule has 0 aliphatic heterocycles. The van der Waals surface area contributed by atoms with Gasteiger partial charge in [0.15, 0.2) is 0 Å². The molecule has 0 aromatic carbocycles. The number of ether oxygens (including phenoxy) is 2. The summed E-state index contributed by atoms with van der Waals surface area (Å²) in [6.07, 6.45) is 1.87. The molecule has 0 amide bonds. The first kappa shape index (κ1) is 14.2. The molecule has 0 aliphatic rings. The highest BCUT2D eigenvalue weighted by molar-refractivity contribution is 5.98. The van der Waals surface area contributed by atoms with E-state index in [4.69, 9.17) is 0 Å². The van der Waals surface area contributed by atoms with Gasteiger partial charge in [-0.25, -0.2) is 14.4 Å². The number of aromatic amines is 2. The van der Waals surface area contributed by atoms with Crippen molar-refractivity contribution in [2.24, 2.45) is 0 Å². The van der Waals surface area contributed by atoms with Crippen LogP contribution in [0.1, 0.15) is 0 Å². The third-order valence-electron chi connectivity index (χ3n) is 1.96. The van der Waals surface area contributed by atoms with E-state index in [-0.39, 0.29) is 11.4 Å². The minimum Gasteiger partial charge on any atom is -0.466 e. The van der Waals surface area contributed by atoms with Gasteiger partial charge < -0.3 is 19.8 Å². The number of esters is 2. The maximum atomic E-state index is 11.4. The molecule has 0 aliphatic carbocycles. The second kappa shape index (κ2) is 6.19. The summed E-state index contributed by atoms with van der Waals surface area (Å²) in [5, 5.41) is 2.36. The fraction of sp³-hybridized carbons (Fsp3) is 0.200. The predicted octanol–water partition coefficient (Wildman–Crippen LogP) is -1.29. The molecular weight excluding hydrogens is 258 g/mol. The van der Waals surface area contributed by atoms with Crippen molar-refractivity contribution >= 4 is 17.6 Å². The van der Waals surface area contributed by atoms with Gasteiger partial charge in [0.05, 0.1) is 20.3 Å². The van der Waals surface area contributed by atoms with Gasteiger partial charge >= 0.3 is 17.6 Å². The van der Waals surface area contributed by atoms with Gasteiger partial charge in [-0.3, -0.25) is 9.78 Å². The zero-order valence-electron chi connectivity index (χ0n) is 10.1. The summed E-state index contributed by atoms with van der Waals surface area (Å²) < 4.78 is 8.79. The molecule has 0 saturated carbocycles. The topological polar surface area (TPSA) is 130 Å². The SMILES string of the molecule is COC(=O)/C=C(\Nc1c[nH]c(=O)[nH]c1=O)C(=O)OC. The average Bonchev–Trinajstić information content (AvgIpc) is 2.39. The maximum Gasteiger partial charge on any atom is 0.354 e. The van der Waals surface area contributed by atoms with E-state index in [1.807, 2.05) is 4.98 Å². The van der Waals surface area contributed by atoms with Crippen LogP contribution in [0.2, 0.25) is 0 Å². The summed E-state index contributed by atoms with van der Waals surface area (Å²) >= 11 is 0. The van der Waals surface area contributed by atoms with Crippen LogP contribution in [0.4, 0.5) is 5.69 Å². The highest BCUT2D eigenvalue weighted by Crippen LogP contribution is 2.03. The number of aromatic nitrogens is 2. The number of carbonyl (C=O) groups is 2. The maximum absolute atomic E-state index is 11.4. The highest BCUT2D eigenvalue weighted by Gasteiger charge is 2.14. The first-order chi connectivity index (χ1) is 8.97. The molecule has 1 rings (SSSR count).